The molecule has 6 nitrogen and oxygen atoms in total. The van der Waals surface area contributed by atoms with E-state index < -0.39 is 6.10 Å². The van der Waals surface area contributed by atoms with Crippen LogP contribution in [-0.4, -0.2) is 47.6 Å². The largest absolute Gasteiger partial charge is 0.462 e. The molecule has 2 atom stereocenters. The summed E-state index contributed by atoms with van der Waals surface area (Å²) in [6.07, 6.45) is 48.2. The van der Waals surface area contributed by atoms with E-state index >= 15 is 0 Å². The summed E-state index contributed by atoms with van der Waals surface area (Å²) in [6, 6.07) is 0. The number of ether oxygens (including phenoxy) is 2. The number of hydrogen-bond acceptors (Lipinski definition) is 6. The van der Waals surface area contributed by atoms with Crippen LogP contribution in [0.1, 0.15) is 200 Å². The van der Waals surface area contributed by atoms with Crippen LogP contribution in [0, 0.1) is 0 Å². The second-order valence-electron chi connectivity index (χ2n) is 14.3. The molecule has 0 aromatic heterocycles. The van der Waals surface area contributed by atoms with E-state index in [2.05, 4.69) is 62.5 Å². The van der Waals surface area contributed by atoms with Crippen LogP contribution in [-0.2, 0) is 19.1 Å². The van der Waals surface area contributed by atoms with E-state index in [1.54, 1.807) is 0 Å². The molecular formula is C45H80O6. The monoisotopic (exact) mass is 717 g/mol. The van der Waals surface area contributed by atoms with Crippen molar-refractivity contribution >= 4 is 11.9 Å². The maximum absolute atomic E-state index is 12.2. The van der Waals surface area contributed by atoms with E-state index in [9.17, 15) is 19.8 Å². The normalized spacial score (nSPS) is 13.3. The number of aliphatic hydroxyl groups is 2. The van der Waals surface area contributed by atoms with E-state index in [1.807, 2.05) is 0 Å². The highest BCUT2D eigenvalue weighted by Crippen LogP contribution is 2.15. The van der Waals surface area contributed by atoms with E-state index in [-0.39, 0.29) is 31.3 Å². The van der Waals surface area contributed by atoms with Crippen molar-refractivity contribution < 1.29 is 29.3 Å². The van der Waals surface area contributed by atoms with Crippen LogP contribution in [0.5, 0.6) is 0 Å². The van der Waals surface area contributed by atoms with Gasteiger partial charge in [-0.25, -0.2) is 0 Å². The van der Waals surface area contributed by atoms with Gasteiger partial charge in [0.15, 0.2) is 6.10 Å². The molecule has 0 amide bonds. The lowest BCUT2D eigenvalue weighted by Crippen LogP contribution is -2.28. The van der Waals surface area contributed by atoms with Crippen LogP contribution >= 0.6 is 0 Å². The van der Waals surface area contributed by atoms with E-state index in [0.29, 0.717) is 19.3 Å². The number of allylic oxidation sites excluding steroid dienone is 7. The molecule has 0 aliphatic carbocycles. The number of rotatable bonds is 38. The van der Waals surface area contributed by atoms with Crippen LogP contribution in [0.3, 0.4) is 0 Å². The first-order valence-electron chi connectivity index (χ1n) is 21.3. The highest BCUT2D eigenvalue weighted by molar-refractivity contribution is 5.70. The molecule has 1 unspecified atom stereocenters. The zero-order valence-corrected chi connectivity index (χ0v) is 33.2. The van der Waals surface area contributed by atoms with Gasteiger partial charge in [-0.2, -0.15) is 0 Å². The molecule has 296 valence electrons. The number of hydrogen-bond donors (Lipinski definition) is 2. The summed E-state index contributed by atoms with van der Waals surface area (Å²) in [5.41, 5.74) is 0. The Balaban J connectivity index is 3.63. The predicted octanol–water partition coefficient (Wildman–Crippen LogP) is 12.4. The van der Waals surface area contributed by atoms with Crippen molar-refractivity contribution in [2.24, 2.45) is 0 Å². The van der Waals surface area contributed by atoms with Crippen molar-refractivity contribution in [3.63, 3.8) is 0 Å². The maximum Gasteiger partial charge on any atom is 0.306 e. The number of aliphatic hydroxyl groups excluding tert-OH is 2. The van der Waals surface area contributed by atoms with Crippen LogP contribution in [0.15, 0.2) is 48.6 Å². The summed E-state index contributed by atoms with van der Waals surface area (Å²) in [6.45, 7) is 3.90. The molecule has 0 aliphatic heterocycles. The van der Waals surface area contributed by atoms with Gasteiger partial charge in [0, 0.05) is 12.8 Å². The molecule has 0 radical (unpaired) electrons. The summed E-state index contributed by atoms with van der Waals surface area (Å²) in [7, 11) is 0. The summed E-state index contributed by atoms with van der Waals surface area (Å²) in [5, 5.41) is 19.3. The smallest absolute Gasteiger partial charge is 0.306 e. The zero-order chi connectivity index (χ0) is 37.3. The van der Waals surface area contributed by atoms with Crippen molar-refractivity contribution in [2.45, 2.75) is 212 Å². The molecule has 0 saturated carbocycles. The fourth-order valence-corrected chi connectivity index (χ4v) is 5.97. The lowest BCUT2D eigenvalue weighted by Gasteiger charge is -2.15. The molecule has 0 aromatic rings. The topological polar surface area (TPSA) is 93.1 Å². The summed E-state index contributed by atoms with van der Waals surface area (Å²) in [4.78, 5) is 24.3. The first-order chi connectivity index (χ1) is 25.0. The molecule has 0 rings (SSSR count). The van der Waals surface area contributed by atoms with E-state index in [1.165, 1.54) is 103 Å². The standard InChI is InChI=1S/C45H80O6/c1-3-5-6-7-8-9-10-11-12-13-14-15-16-19-23-26-29-32-35-39-45(49)51-43(40-46)41-50-44(48)38-34-31-28-25-22-20-17-18-21-24-27-30-33-37-42(47)36-4-2/h17,20-21,24-25,28,30,33,42-43,46-47H,3-16,18-19,22-23,26-27,29,31-32,34-41H2,1-2H3/b20-17-,24-21-,28-25-,33-30-/t42?,43-/m0/s1. The van der Waals surface area contributed by atoms with Crippen molar-refractivity contribution in [3.05, 3.63) is 48.6 Å². The zero-order valence-electron chi connectivity index (χ0n) is 33.2. The first kappa shape index (κ1) is 48.8. The van der Waals surface area contributed by atoms with Gasteiger partial charge >= 0.3 is 11.9 Å². The molecule has 6 heteroatoms. The van der Waals surface area contributed by atoms with Gasteiger partial charge in [0.25, 0.3) is 0 Å². The van der Waals surface area contributed by atoms with Gasteiger partial charge in [-0.3, -0.25) is 9.59 Å². The van der Waals surface area contributed by atoms with Crippen molar-refractivity contribution in [3.8, 4) is 0 Å². The predicted molar refractivity (Wildman–Crippen MR) is 216 cm³/mol. The van der Waals surface area contributed by atoms with Gasteiger partial charge in [-0.1, -0.05) is 184 Å². The van der Waals surface area contributed by atoms with Crippen molar-refractivity contribution in [2.75, 3.05) is 13.2 Å². The summed E-state index contributed by atoms with van der Waals surface area (Å²) >= 11 is 0. The minimum absolute atomic E-state index is 0.103. The Hall–Kier alpha value is -2.18. The van der Waals surface area contributed by atoms with Gasteiger partial charge in [0.1, 0.15) is 6.61 Å². The number of carbonyl (C=O) groups is 2. The fourth-order valence-electron chi connectivity index (χ4n) is 5.97. The Morgan fingerprint density at radius 2 is 0.961 bits per heavy atom. The van der Waals surface area contributed by atoms with E-state index in [0.717, 1.165) is 64.2 Å². The summed E-state index contributed by atoms with van der Waals surface area (Å²) < 4.78 is 10.6. The second-order valence-corrected chi connectivity index (χ2v) is 14.3. The Kier molecular flexibility index (Phi) is 38.9. The van der Waals surface area contributed by atoms with Gasteiger partial charge < -0.3 is 19.7 Å². The van der Waals surface area contributed by atoms with Crippen LogP contribution < -0.4 is 0 Å². The molecule has 0 aromatic carbocycles. The summed E-state index contributed by atoms with van der Waals surface area (Å²) in [5.74, 6) is -0.672. The minimum atomic E-state index is -0.802. The molecule has 0 heterocycles. The van der Waals surface area contributed by atoms with Gasteiger partial charge in [-0.05, 0) is 51.4 Å². The SMILES string of the molecule is CCCCCCCCCCCCCCCCCCCCCC(=O)O[C@@H](CO)COC(=O)CCC/C=C\C/C=C\C/C=C\C/C=C\CC(O)CCC. The average Bonchev–Trinajstić information content (AvgIpc) is 3.12. The lowest BCUT2D eigenvalue weighted by atomic mass is 10.0. The second kappa shape index (κ2) is 40.6. The van der Waals surface area contributed by atoms with Crippen LogP contribution in [0.4, 0.5) is 0 Å². The highest BCUT2D eigenvalue weighted by atomic mass is 16.6. The van der Waals surface area contributed by atoms with Gasteiger partial charge in [0.05, 0.1) is 12.7 Å². The molecular weight excluding hydrogens is 636 g/mol. The number of carbonyl (C=O) groups excluding carboxylic acids is 2. The molecule has 0 aliphatic rings. The highest BCUT2D eigenvalue weighted by Gasteiger charge is 2.16. The van der Waals surface area contributed by atoms with Crippen LogP contribution in [0.2, 0.25) is 0 Å². The van der Waals surface area contributed by atoms with Crippen molar-refractivity contribution in [1.82, 2.24) is 0 Å². The fraction of sp³-hybridized carbons (Fsp3) is 0.778. The molecule has 0 saturated heterocycles. The Morgan fingerprint density at radius 1 is 0.529 bits per heavy atom. The minimum Gasteiger partial charge on any atom is -0.462 e. The van der Waals surface area contributed by atoms with Gasteiger partial charge in [0.2, 0.25) is 0 Å². The third-order valence-electron chi connectivity index (χ3n) is 9.18. The third-order valence-corrected chi connectivity index (χ3v) is 9.18. The average molecular weight is 717 g/mol. The molecule has 51 heavy (non-hydrogen) atoms. The van der Waals surface area contributed by atoms with Gasteiger partial charge in [-0.15, -0.1) is 0 Å². The number of esters is 2. The Labute approximate surface area is 314 Å². The molecule has 0 spiro atoms. The first-order valence-corrected chi connectivity index (χ1v) is 21.3. The quantitative estimate of drug-likeness (QED) is 0.0375. The molecule has 0 bridgehead atoms. The molecule has 2 N–H and O–H groups in total. The Bertz CT molecular complexity index is 876. The van der Waals surface area contributed by atoms with E-state index in [4.69, 9.17) is 9.47 Å². The van der Waals surface area contributed by atoms with Crippen molar-refractivity contribution in [1.29, 1.82) is 0 Å². The third kappa shape index (κ3) is 38.9. The number of unbranched alkanes of at least 4 members (excludes halogenated alkanes) is 19. The van der Waals surface area contributed by atoms with Crippen LogP contribution in [0.25, 0.3) is 0 Å². The maximum atomic E-state index is 12.2. The molecule has 0 fully saturated rings. The lowest BCUT2D eigenvalue weighted by molar-refractivity contribution is -0.161. The Morgan fingerprint density at radius 3 is 1.43 bits per heavy atom.